The minimum Gasteiger partial charge on any atom is -0.497 e. The van der Waals surface area contributed by atoms with Gasteiger partial charge in [0.15, 0.2) is 0 Å². The molecule has 4 fully saturated rings. The van der Waals surface area contributed by atoms with Crippen LogP contribution in [0.5, 0.6) is 17.2 Å². The zero-order valence-corrected chi connectivity index (χ0v) is 44.1. The van der Waals surface area contributed by atoms with Gasteiger partial charge in [0, 0.05) is 81.6 Å². The Hall–Kier alpha value is -6.75. The largest absolute Gasteiger partial charge is 0.497 e. The summed E-state index contributed by atoms with van der Waals surface area (Å²) in [5, 5.41) is 16.2. The van der Waals surface area contributed by atoms with Crippen molar-refractivity contribution in [3.63, 3.8) is 0 Å². The highest BCUT2D eigenvalue weighted by molar-refractivity contribution is 7.90. The number of piperidine rings is 1. The molecule has 4 aliphatic rings. The molecule has 3 saturated heterocycles. The van der Waals surface area contributed by atoms with Gasteiger partial charge in [-0.15, -0.1) is 11.3 Å². The Labute approximate surface area is 443 Å². The zero-order valence-electron chi connectivity index (χ0n) is 42.5. The topological polar surface area (TPSA) is 207 Å². The lowest BCUT2D eigenvalue weighted by Crippen LogP contribution is -2.60. The molecule has 1 amide bonds. The van der Waals surface area contributed by atoms with Crippen LogP contribution in [0.3, 0.4) is 0 Å². The number of nitro benzene ring substituents is 1. The Bertz CT molecular complexity index is 3390. The number of carbonyl (C=O) groups is 1. The lowest BCUT2D eigenvalue weighted by molar-refractivity contribution is -0.384. The first-order valence-electron chi connectivity index (χ1n) is 25.7. The van der Waals surface area contributed by atoms with E-state index in [1.807, 2.05) is 21.8 Å². The number of anilines is 2. The van der Waals surface area contributed by atoms with Crippen molar-refractivity contribution in [1.29, 1.82) is 0 Å². The van der Waals surface area contributed by atoms with Crippen LogP contribution in [-0.4, -0.2) is 122 Å². The van der Waals surface area contributed by atoms with Gasteiger partial charge in [0.25, 0.3) is 21.6 Å². The van der Waals surface area contributed by atoms with E-state index in [4.69, 9.17) is 18.9 Å². The van der Waals surface area contributed by atoms with E-state index < -0.39 is 48.9 Å². The first-order chi connectivity index (χ1) is 36.7. The number of amides is 1. The minimum atomic E-state index is -4.88. The molecule has 76 heavy (non-hydrogen) atoms. The standard InChI is InChI=1S/C55H60FN9O9S2/c1-34(2)41-6-4-5-7-42(41)47-31-62(30-35-8-10-38(71-3)11-9-35)18-19-64(47)37-26-55(27-37)13-16-63(17-14-55)45-24-48(74-39-22-36-12-15-57-53(36)59-28-39)43(23-44(45)56)54(66)61-76(69,70)49-25-46(65(67)68)50(52-51(49)60-33-75-52)58-29-40-32-72-20-21-73-40/h4-12,15,22-25,28,33-34,37,40,47,58H,13-14,16-21,26-27,29-32H2,1-3H3,(H,57,59)(H,61,66). The number of rotatable bonds is 16. The molecular formula is C55H60FN9O9S2. The molecule has 0 bridgehead atoms. The molecule has 7 aromatic rings. The van der Waals surface area contributed by atoms with Crippen molar-refractivity contribution >= 4 is 65.6 Å². The van der Waals surface area contributed by atoms with Crippen LogP contribution >= 0.6 is 11.3 Å². The van der Waals surface area contributed by atoms with Gasteiger partial charge < -0.3 is 34.1 Å². The Morgan fingerprint density at radius 1 is 1.01 bits per heavy atom. The fourth-order valence-corrected chi connectivity index (χ4v) is 13.6. The number of ether oxygens (including phenoxy) is 4. The molecule has 398 valence electrons. The number of H-pyrrole nitrogens is 1. The summed E-state index contributed by atoms with van der Waals surface area (Å²) >= 11 is 0.996. The summed E-state index contributed by atoms with van der Waals surface area (Å²) in [4.78, 5) is 44.4. The Morgan fingerprint density at radius 2 is 1.82 bits per heavy atom. The van der Waals surface area contributed by atoms with E-state index in [1.165, 1.54) is 34.5 Å². The van der Waals surface area contributed by atoms with Crippen LogP contribution < -0.4 is 24.4 Å². The molecule has 3 N–H and O–H groups in total. The molecule has 4 aromatic carbocycles. The van der Waals surface area contributed by atoms with Crippen LogP contribution in [0.4, 0.5) is 21.5 Å². The second-order valence-electron chi connectivity index (χ2n) is 20.6. The number of nitro groups is 1. The molecule has 1 aliphatic carbocycles. The van der Waals surface area contributed by atoms with Crippen LogP contribution in [0.2, 0.25) is 0 Å². The number of nitrogens with one attached hydrogen (secondary N) is 3. The van der Waals surface area contributed by atoms with Gasteiger partial charge >= 0.3 is 0 Å². The van der Waals surface area contributed by atoms with Crippen molar-refractivity contribution in [3.05, 3.63) is 135 Å². The third-order valence-corrected chi connectivity index (χ3v) is 17.8. The fourth-order valence-electron chi connectivity index (χ4n) is 11.6. The number of hydrogen-bond acceptors (Lipinski definition) is 16. The van der Waals surface area contributed by atoms with Gasteiger partial charge in [-0.2, -0.15) is 0 Å². The Balaban J connectivity index is 0.821. The maximum atomic E-state index is 16.7. The number of fused-ring (bicyclic) bond motifs is 2. The number of carbonyl (C=O) groups excluding carboxylic acids is 1. The van der Waals surface area contributed by atoms with Crippen molar-refractivity contribution in [2.75, 3.05) is 76.4 Å². The number of benzene rings is 4. The third-order valence-electron chi connectivity index (χ3n) is 15.6. The maximum Gasteiger partial charge on any atom is 0.295 e. The van der Waals surface area contributed by atoms with Crippen molar-refractivity contribution in [2.45, 2.75) is 75.1 Å². The summed E-state index contributed by atoms with van der Waals surface area (Å²) in [6.07, 6.45) is 6.53. The molecule has 18 nitrogen and oxygen atoms in total. The molecule has 0 radical (unpaired) electrons. The predicted molar refractivity (Wildman–Crippen MR) is 288 cm³/mol. The van der Waals surface area contributed by atoms with Gasteiger partial charge in [0.05, 0.1) is 65.6 Å². The van der Waals surface area contributed by atoms with E-state index in [-0.39, 0.29) is 57.7 Å². The number of thiazole rings is 1. The van der Waals surface area contributed by atoms with Crippen LogP contribution in [0.1, 0.15) is 78.5 Å². The van der Waals surface area contributed by atoms with Crippen molar-refractivity contribution < 1.29 is 41.5 Å². The van der Waals surface area contributed by atoms with Crippen LogP contribution in [0.15, 0.2) is 102 Å². The van der Waals surface area contributed by atoms with Crippen molar-refractivity contribution in [2.24, 2.45) is 5.41 Å². The minimum absolute atomic E-state index is 0.0523. The number of aromatic amines is 1. The molecule has 6 heterocycles. The summed E-state index contributed by atoms with van der Waals surface area (Å²) < 4.78 is 70.3. The molecule has 1 saturated carbocycles. The molecule has 1 spiro atoms. The maximum absolute atomic E-state index is 16.7. The molecule has 11 rings (SSSR count). The van der Waals surface area contributed by atoms with Crippen LogP contribution in [-0.2, 0) is 26.0 Å². The van der Waals surface area contributed by atoms with E-state index in [0.29, 0.717) is 49.3 Å². The smallest absolute Gasteiger partial charge is 0.295 e. The van der Waals surface area contributed by atoms with Gasteiger partial charge in [-0.25, -0.2) is 27.5 Å². The normalized spacial score (nSPS) is 19.5. The summed E-state index contributed by atoms with van der Waals surface area (Å²) in [6, 6.07) is 24.6. The number of pyridine rings is 1. The number of piperazine rings is 1. The highest BCUT2D eigenvalue weighted by Crippen LogP contribution is 2.54. The number of hydrogen-bond donors (Lipinski definition) is 3. The molecule has 2 unspecified atom stereocenters. The van der Waals surface area contributed by atoms with Gasteiger partial charge in [0.2, 0.25) is 0 Å². The van der Waals surface area contributed by atoms with E-state index in [0.717, 1.165) is 81.1 Å². The van der Waals surface area contributed by atoms with Gasteiger partial charge in [-0.05, 0) is 84.0 Å². The molecule has 21 heteroatoms. The predicted octanol–water partition coefficient (Wildman–Crippen LogP) is 9.40. The monoisotopic (exact) mass is 1070 g/mol. The lowest BCUT2D eigenvalue weighted by atomic mass is 9.59. The summed E-state index contributed by atoms with van der Waals surface area (Å²) in [5.74, 6) is -0.611. The summed E-state index contributed by atoms with van der Waals surface area (Å²) in [6.45, 7) is 10.6. The number of sulfonamides is 1. The Morgan fingerprint density at radius 3 is 2.57 bits per heavy atom. The van der Waals surface area contributed by atoms with Gasteiger partial charge in [0.1, 0.15) is 44.8 Å². The molecule has 3 aromatic heterocycles. The fraction of sp³-hybridized carbons (Fsp3) is 0.400. The second-order valence-corrected chi connectivity index (χ2v) is 23.1. The lowest BCUT2D eigenvalue weighted by Gasteiger charge is -2.58. The van der Waals surface area contributed by atoms with Gasteiger partial charge in [-0.1, -0.05) is 50.2 Å². The highest BCUT2D eigenvalue weighted by atomic mass is 32.2. The molecule has 3 aliphatic heterocycles. The number of halogens is 1. The quantitative estimate of drug-likeness (QED) is 0.0609. The van der Waals surface area contributed by atoms with E-state index in [2.05, 4.69) is 80.3 Å². The number of methoxy groups -OCH3 is 1. The van der Waals surface area contributed by atoms with Gasteiger partial charge in [-0.3, -0.25) is 24.7 Å². The number of aromatic nitrogens is 3. The average molecular weight is 1070 g/mol. The van der Waals surface area contributed by atoms with Crippen molar-refractivity contribution in [1.82, 2.24) is 29.5 Å². The SMILES string of the molecule is COc1ccc(CN2CCN(C3CC4(CCN(c5cc(Oc6cnc7[nH]ccc7c6)c(C(=O)NS(=O)(=O)c6cc([N+](=O)[O-])c(NCC7COCCO7)c7scnc67)cc5F)CC4)C3)C(c3ccccc3C(C)C)C2)cc1. The number of nitrogens with zero attached hydrogens (tertiary/aromatic N) is 6. The third kappa shape index (κ3) is 10.4. The summed E-state index contributed by atoms with van der Waals surface area (Å²) in [5.41, 5.74) is 5.28. The van der Waals surface area contributed by atoms with E-state index >= 15 is 4.39 Å². The zero-order chi connectivity index (χ0) is 52.7. The van der Waals surface area contributed by atoms with Crippen molar-refractivity contribution in [3.8, 4) is 17.2 Å². The summed E-state index contributed by atoms with van der Waals surface area (Å²) in [7, 11) is -3.19. The molecule has 2 atom stereocenters. The van der Waals surface area contributed by atoms with Crippen LogP contribution in [0.25, 0.3) is 21.3 Å². The van der Waals surface area contributed by atoms with Crippen LogP contribution in [0, 0.1) is 21.3 Å². The van der Waals surface area contributed by atoms with E-state index in [1.54, 1.807) is 25.4 Å². The first kappa shape index (κ1) is 51.4. The average Bonchev–Trinajstić information content (AvgIpc) is 4.13. The first-order valence-corrected chi connectivity index (χ1v) is 28.1. The molecular weight excluding hydrogens is 1010 g/mol. The Kier molecular flexibility index (Phi) is 14.4. The van der Waals surface area contributed by atoms with E-state index in [9.17, 15) is 23.3 Å². The second kappa shape index (κ2) is 21.3. The highest BCUT2D eigenvalue weighted by Gasteiger charge is 2.50.